The van der Waals surface area contributed by atoms with Crippen molar-refractivity contribution in [1.29, 1.82) is 5.26 Å². The second-order valence-electron chi connectivity index (χ2n) is 5.91. The number of nitriles is 1. The van der Waals surface area contributed by atoms with Crippen LogP contribution in [0.2, 0.25) is 0 Å². The standard InChI is InChI=1S/C19H20F3NO2/c20-19(21,22)25-18-11-7-16(8-12-18)14-24-17-9-5-15(6-10-17)4-2-1-3-13-23/h1-4,7-8,11-12,15,17H,5-6,9-10,14H2/t15-,17-. The van der Waals surface area contributed by atoms with E-state index in [0.717, 1.165) is 31.2 Å². The Hall–Kier alpha value is -2.26. The third-order valence-corrected chi connectivity index (χ3v) is 4.03. The molecule has 0 saturated heterocycles. The monoisotopic (exact) mass is 351 g/mol. The van der Waals surface area contributed by atoms with Crippen molar-refractivity contribution in [2.45, 2.75) is 44.8 Å². The van der Waals surface area contributed by atoms with Crippen molar-refractivity contribution < 1.29 is 22.6 Å². The lowest BCUT2D eigenvalue weighted by Gasteiger charge is -2.26. The average Bonchev–Trinajstić information content (AvgIpc) is 2.58. The Labute approximate surface area is 145 Å². The molecule has 0 atom stereocenters. The van der Waals surface area contributed by atoms with Gasteiger partial charge in [-0.05, 0) is 49.3 Å². The molecule has 3 nitrogen and oxygen atoms in total. The molecule has 0 aromatic heterocycles. The van der Waals surface area contributed by atoms with Crippen molar-refractivity contribution in [2.75, 3.05) is 0 Å². The van der Waals surface area contributed by atoms with Crippen molar-refractivity contribution in [3.8, 4) is 11.8 Å². The van der Waals surface area contributed by atoms with E-state index in [2.05, 4.69) is 10.8 Å². The number of ether oxygens (including phenoxy) is 2. The minimum atomic E-state index is -4.67. The molecule has 0 heterocycles. The van der Waals surface area contributed by atoms with Gasteiger partial charge in [0.05, 0.1) is 18.8 Å². The van der Waals surface area contributed by atoms with Gasteiger partial charge in [-0.2, -0.15) is 5.26 Å². The van der Waals surface area contributed by atoms with Crippen LogP contribution in [-0.4, -0.2) is 12.5 Å². The van der Waals surface area contributed by atoms with Crippen LogP contribution in [0.25, 0.3) is 0 Å². The Morgan fingerprint density at radius 2 is 1.76 bits per heavy atom. The maximum atomic E-state index is 12.1. The molecule has 6 heteroatoms. The minimum Gasteiger partial charge on any atom is -0.406 e. The van der Waals surface area contributed by atoms with Crippen molar-refractivity contribution in [3.05, 3.63) is 54.1 Å². The molecule has 1 fully saturated rings. The SMILES string of the molecule is N#CC=CC=C[C@H]1CC[C@H](OCc2ccc(OC(F)(F)F)cc2)CC1. The highest BCUT2D eigenvalue weighted by Crippen LogP contribution is 2.28. The summed E-state index contributed by atoms with van der Waals surface area (Å²) in [7, 11) is 0. The molecule has 0 aliphatic heterocycles. The number of alkyl halides is 3. The van der Waals surface area contributed by atoms with Crippen LogP contribution in [-0.2, 0) is 11.3 Å². The van der Waals surface area contributed by atoms with Crippen LogP contribution >= 0.6 is 0 Å². The molecular formula is C19H20F3NO2. The number of nitrogens with zero attached hydrogens (tertiary/aromatic N) is 1. The highest BCUT2D eigenvalue weighted by molar-refractivity contribution is 5.27. The Morgan fingerprint density at radius 1 is 1.08 bits per heavy atom. The summed E-state index contributed by atoms with van der Waals surface area (Å²) in [5.74, 6) is 0.274. The van der Waals surface area contributed by atoms with Gasteiger partial charge < -0.3 is 9.47 Å². The Morgan fingerprint density at radius 3 is 2.36 bits per heavy atom. The van der Waals surface area contributed by atoms with Crippen molar-refractivity contribution in [3.63, 3.8) is 0 Å². The van der Waals surface area contributed by atoms with Crippen LogP contribution in [0.3, 0.4) is 0 Å². The lowest BCUT2D eigenvalue weighted by atomic mass is 9.87. The fourth-order valence-corrected chi connectivity index (χ4v) is 2.77. The summed E-state index contributed by atoms with van der Waals surface area (Å²) in [4.78, 5) is 0. The third-order valence-electron chi connectivity index (χ3n) is 4.03. The van der Waals surface area contributed by atoms with E-state index in [-0.39, 0.29) is 11.9 Å². The van der Waals surface area contributed by atoms with E-state index in [1.165, 1.54) is 18.2 Å². The number of halogens is 3. The molecular weight excluding hydrogens is 331 g/mol. The Balaban J connectivity index is 1.71. The summed E-state index contributed by atoms with van der Waals surface area (Å²) in [6.45, 7) is 0.377. The van der Waals surface area contributed by atoms with Gasteiger partial charge in [-0.1, -0.05) is 30.4 Å². The summed E-state index contributed by atoms with van der Waals surface area (Å²) in [5.41, 5.74) is 0.818. The highest BCUT2D eigenvalue weighted by atomic mass is 19.4. The molecule has 1 aliphatic carbocycles. The molecule has 1 aliphatic rings. The summed E-state index contributed by atoms with van der Waals surface area (Å²) in [6.07, 6.45) is 6.65. The van der Waals surface area contributed by atoms with Gasteiger partial charge in [0.2, 0.25) is 0 Å². The first-order chi connectivity index (χ1) is 12.0. The largest absolute Gasteiger partial charge is 0.573 e. The average molecular weight is 351 g/mol. The van der Waals surface area contributed by atoms with Gasteiger partial charge in [-0.15, -0.1) is 13.2 Å². The fourth-order valence-electron chi connectivity index (χ4n) is 2.77. The van der Waals surface area contributed by atoms with Crippen LogP contribution in [0.1, 0.15) is 31.2 Å². The number of rotatable bonds is 6. The molecule has 0 spiro atoms. The fraction of sp³-hybridized carbons (Fsp3) is 0.421. The predicted octanol–water partition coefficient (Wildman–Crippen LogP) is 5.30. The molecule has 1 saturated carbocycles. The van der Waals surface area contributed by atoms with E-state index in [1.54, 1.807) is 18.2 Å². The van der Waals surface area contributed by atoms with Gasteiger partial charge in [-0.25, -0.2) is 0 Å². The highest BCUT2D eigenvalue weighted by Gasteiger charge is 2.31. The van der Waals surface area contributed by atoms with Gasteiger partial charge >= 0.3 is 6.36 Å². The molecule has 0 bridgehead atoms. The Kier molecular flexibility index (Phi) is 7.08. The maximum Gasteiger partial charge on any atom is 0.573 e. The zero-order chi connectivity index (χ0) is 18.1. The molecule has 2 rings (SSSR count). The Bertz CT molecular complexity index is 622. The van der Waals surface area contributed by atoms with Gasteiger partial charge in [0.25, 0.3) is 0 Å². The molecule has 0 N–H and O–H groups in total. The van der Waals surface area contributed by atoms with Crippen LogP contribution in [0, 0.1) is 17.2 Å². The van der Waals surface area contributed by atoms with E-state index in [4.69, 9.17) is 10.00 Å². The lowest BCUT2D eigenvalue weighted by molar-refractivity contribution is -0.274. The summed E-state index contributed by atoms with van der Waals surface area (Å²) in [6, 6.07) is 7.69. The van der Waals surface area contributed by atoms with Gasteiger partial charge in [0, 0.05) is 6.08 Å². The zero-order valence-electron chi connectivity index (χ0n) is 13.7. The number of benzene rings is 1. The zero-order valence-corrected chi connectivity index (χ0v) is 13.7. The number of hydrogen-bond acceptors (Lipinski definition) is 3. The molecule has 1 aromatic rings. The molecule has 1 aromatic carbocycles. The maximum absolute atomic E-state index is 12.1. The summed E-state index contributed by atoms with van der Waals surface area (Å²) >= 11 is 0. The van der Waals surface area contributed by atoms with E-state index < -0.39 is 6.36 Å². The first kappa shape index (κ1) is 19.1. The first-order valence-electron chi connectivity index (χ1n) is 8.15. The molecule has 25 heavy (non-hydrogen) atoms. The second kappa shape index (κ2) is 9.28. The molecule has 0 radical (unpaired) electrons. The molecule has 0 amide bonds. The van der Waals surface area contributed by atoms with E-state index >= 15 is 0 Å². The first-order valence-corrected chi connectivity index (χ1v) is 8.15. The van der Waals surface area contributed by atoms with Crippen LogP contribution in [0.4, 0.5) is 13.2 Å². The lowest BCUT2D eigenvalue weighted by Crippen LogP contribution is -2.20. The third kappa shape index (κ3) is 7.44. The van der Waals surface area contributed by atoms with Gasteiger partial charge in [0.1, 0.15) is 5.75 Å². The van der Waals surface area contributed by atoms with Gasteiger partial charge in [0.15, 0.2) is 0 Å². The van der Waals surface area contributed by atoms with Crippen molar-refractivity contribution in [1.82, 2.24) is 0 Å². The minimum absolute atomic E-state index is 0.172. The van der Waals surface area contributed by atoms with Crippen molar-refractivity contribution >= 4 is 0 Å². The van der Waals surface area contributed by atoms with Crippen LogP contribution in [0.15, 0.2) is 48.6 Å². The normalized spacial score (nSPS) is 21.5. The van der Waals surface area contributed by atoms with Gasteiger partial charge in [-0.3, -0.25) is 0 Å². The summed E-state index contributed by atoms with van der Waals surface area (Å²) < 4.78 is 46.0. The van der Waals surface area contributed by atoms with Crippen LogP contribution < -0.4 is 4.74 Å². The molecule has 134 valence electrons. The van der Waals surface area contributed by atoms with Crippen LogP contribution in [0.5, 0.6) is 5.75 Å². The smallest absolute Gasteiger partial charge is 0.406 e. The number of allylic oxidation sites excluding steroid dienone is 4. The van der Waals surface area contributed by atoms with E-state index in [9.17, 15) is 13.2 Å². The van der Waals surface area contributed by atoms with E-state index in [1.807, 2.05) is 12.1 Å². The van der Waals surface area contributed by atoms with Crippen molar-refractivity contribution in [2.24, 2.45) is 5.92 Å². The summed E-state index contributed by atoms with van der Waals surface area (Å²) in [5, 5.41) is 8.41. The second-order valence-corrected chi connectivity index (χ2v) is 5.91. The quantitative estimate of drug-likeness (QED) is 0.516. The number of hydrogen-bond donors (Lipinski definition) is 0. The molecule has 0 unspecified atom stereocenters. The van der Waals surface area contributed by atoms with E-state index in [0.29, 0.717) is 12.5 Å². The predicted molar refractivity (Wildman–Crippen MR) is 87.6 cm³/mol. The topological polar surface area (TPSA) is 42.2 Å².